The second kappa shape index (κ2) is 8.33. The maximum absolute atomic E-state index is 12.6. The summed E-state index contributed by atoms with van der Waals surface area (Å²) in [7, 11) is 0. The summed E-state index contributed by atoms with van der Waals surface area (Å²) in [5.41, 5.74) is -0.348. The number of benzene rings is 1. The molecule has 23 heavy (non-hydrogen) atoms. The quantitative estimate of drug-likeness (QED) is 0.722. The first-order chi connectivity index (χ1) is 10.9. The summed E-state index contributed by atoms with van der Waals surface area (Å²) in [6, 6.07) is 9.18. The van der Waals surface area contributed by atoms with Gasteiger partial charge in [0.2, 0.25) is 0 Å². The lowest BCUT2D eigenvalue weighted by Crippen LogP contribution is -2.40. The third-order valence-electron chi connectivity index (χ3n) is 3.57. The van der Waals surface area contributed by atoms with Crippen LogP contribution in [0.25, 0.3) is 0 Å². The molecule has 0 aliphatic carbocycles. The number of rotatable bonds is 7. The highest BCUT2D eigenvalue weighted by Crippen LogP contribution is 2.35. The molecular formula is C18H23NO4. The highest BCUT2D eigenvalue weighted by Gasteiger charge is 2.46. The minimum Gasteiger partial charge on any atom is -0.466 e. The molecular weight excluding hydrogens is 294 g/mol. The van der Waals surface area contributed by atoms with E-state index in [2.05, 4.69) is 0 Å². The third-order valence-corrected chi connectivity index (χ3v) is 3.57. The molecule has 1 rings (SSSR count). The van der Waals surface area contributed by atoms with E-state index in [1.165, 1.54) is 0 Å². The van der Waals surface area contributed by atoms with Gasteiger partial charge in [-0.1, -0.05) is 38.1 Å². The van der Waals surface area contributed by atoms with Gasteiger partial charge in [-0.15, -0.1) is 0 Å². The van der Waals surface area contributed by atoms with E-state index in [0.717, 1.165) is 5.56 Å². The Morgan fingerprint density at radius 1 is 1.17 bits per heavy atom. The molecule has 0 fully saturated rings. The van der Waals surface area contributed by atoms with Crippen molar-refractivity contribution in [2.45, 2.75) is 45.4 Å². The SMILES string of the molecule is CCOC(=O)CC(C#N)(C(=O)OCC)c1ccccc1C(C)C. The van der Waals surface area contributed by atoms with Crippen LogP contribution in [-0.4, -0.2) is 25.2 Å². The Bertz CT molecular complexity index is 603. The number of ether oxygens (including phenoxy) is 2. The molecule has 5 nitrogen and oxygen atoms in total. The zero-order chi connectivity index (χ0) is 17.5. The van der Waals surface area contributed by atoms with Crippen LogP contribution in [0, 0.1) is 11.3 Å². The van der Waals surface area contributed by atoms with E-state index in [-0.39, 0.29) is 25.6 Å². The van der Waals surface area contributed by atoms with Gasteiger partial charge in [0, 0.05) is 0 Å². The van der Waals surface area contributed by atoms with Gasteiger partial charge in [0.05, 0.1) is 25.7 Å². The molecule has 0 aromatic heterocycles. The van der Waals surface area contributed by atoms with Crippen molar-refractivity contribution in [3.05, 3.63) is 35.4 Å². The van der Waals surface area contributed by atoms with Crippen LogP contribution in [0.2, 0.25) is 0 Å². The summed E-state index contributed by atoms with van der Waals surface area (Å²) in [6.45, 7) is 7.61. The molecule has 0 N–H and O–H groups in total. The Morgan fingerprint density at radius 2 is 1.78 bits per heavy atom. The number of carbonyl (C=O) groups is 2. The van der Waals surface area contributed by atoms with Gasteiger partial charge in [0.25, 0.3) is 0 Å². The second-order valence-corrected chi connectivity index (χ2v) is 5.46. The van der Waals surface area contributed by atoms with Crippen LogP contribution >= 0.6 is 0 Å². The fourth-order valence-corrected chi connectivity index (χ4v) is 2.49. The molecule has 0 radical (unpaired) electrons. The maximum atomic E-state index is 12.6. The van der Waals surface area contributed by atoms with Gasteiger partial charge in [-0.25, -0.2) is 4.79 Å². The number of hydrogen-bond acceptors (Lipinski definition) is 5. The van der Waals surface area contributed by atoms with Crippen molar-refractivity contribution in [1.82, 2.24) is 0 Å². The molecule has 0 spiro atoms. The standard InChI is InChI=1S/C18H23NO4/c1-5-22-16(20)11-18(12-19,17(21)23-6-2)15-10-8-7-9-14(15)13(3)4/h7-10,13H,5-6,11H2,1-4H3. The van der Waals surface area contributed by atoms with Crippen LogP contribution in [-0.2, 0) is 24.5 Å². The molecule has 1 aromatic rings. The summed E-state index contributed by atoms with van der Waals surface area (Å²) in [4.78, 5) is 24.6. The smallest absolute Gasteiger partial charge is 0.331 e. The minimum atomic E-state index is -1.69. The zero-order valence-corrected chi connectivity index (χ0v) is 14.1. The molecule has 1 atom stereocenters. The Kier molecular flexibility index (Phi) is 6.77. The molecule has 1 aromatic carbocycles. The van der Waals surface area contributed by atoms with Gasteiger partial charge in [-0.05, 0) is 30.9 Å². The highest BCUT2D eigenvalue weighted by molar-refractivity contribution is 5.92. The lowest BCUT2D eigenvalue weighted by Gasteiger charge is -2.27. The van der Waals surface area contributed by atoms with Crippen LogP contribution in [0.15, 0.2) is 24.3 Å². The van der Waals surface area contributed by atoms with Crippen LogP contribution in [0.3, 0.4) is 0 Å². The summed E-state index contributed by atoms with van der Waals surface area (Å²) >= 11 is 0. The Hall–Kier alpha value is -2.35. The molecule has 0 aliphatic rings. The van der Waals surface area contributed by atoms with Gasteiger partial charge >= 0.3 is 11.9 Å². The van der Waals surface area contributed by atoms with Crippen molar-refractivity contribution >= 4 is 11.9 Å². The molecule has 0 bridgehead atoms. The molecule has 124 valence electrons. The first kappa shape index (κ1) is 18.7. The lowest BCUT2D eigenvalue weighted by molar-refractivity contribution is -0.154. The fraction of sp³-hybridized carbons (Fsp3) is 0.500. The highest BCUT2D eigenvalue weighted by atomic mass is 16.5. The largest absolute Gasteiger partial charge is 0.466 e. The fourth-order valence-electron chi connectivity index (χ4n) is 2.49. The van der Waals surface area contributed by atoms with Crippen molar-refractivity contribution in [3.63, 3.8) is 0 Å². The molecule has 5 heteroatoms. The van der Waals surface area contributed by atoms with Crippen LogP contribution < -0.4 is 0 Å². The number of hydrogen-bond donors (Lipinski definition) is 0. The average Bonchev–Trinajstić information content (AvgIpc) is 2.53. The molecule has 1 unspecified atom stereocenters. The lowest BCUT2D eigenvalue weighted by atomic mass is 9.74. The Labute approximate surface area is 137 Å². The molecule has 0 aliphatic heterocycles. The molecule has 0 amide bonds. The van der Waals surface area contributed by atoms with Crippen molar-refractivity contribution in [2.24, 2.45) is 0 Å². The molecule has 0 saturated heterocycles. The summed E-state index contributed by atoms with van der Waals surface area (Å²) in [5, 5.41) is 9.79. The summed E-state index contributed by atoms with van der Waals surface area (Å²) in [6.07, 6.45) is -0.361. The van der Waals surface area contributed by atoms with Crippen LogP contribution in [0.5, 0.6) is 0 Å². The monoisotopic (exact) mass is 317 g/mol. The van der Waals surface area contributed by atoms with Gasteiger partial charge in [0.1, 0.15) is 0 Å². The van der Waals surface area contributed by atoms with Gasteiger partial charge in [0.15, 0.2) is 5.41 Å². The summed E-state index contributed by atoms with van der Waals surface area (Å²) in [5.74, 6) is -1.22. The normalized spacial score (nSPS) is 13.0. The number of carbonyl (C=O) groups excluding carboxylic acids is 2. The van der Waals surface area contributed by atoms with Gasteiger partial charge in [-0.3, -0.25) is 4.79 Å². The first-order valence-electron chi connectivity index (χ1n) is 7.76. The Balaban J connectivity index is 3.48. The van der Waals surface area contributed by atoms with E-state index >= 15 is 0 Å². The number of esters is 2. The van der Waals surface area contributed by atoms with Crippen molar-refractivity contribution in [1.29, 1.82) is 5.26 Å². The van der Waals surface area contributed by atoms with Gasteiger partial charge in [-0.2, -0.15) is 5.26 Å². The second-order valence-electron chi connectivity index (χ2n) is 5.46. The van der Waals surface area contributed by atoms with Crippen LogP contribution in [0.1, 0.15) is 51.2 Å². The van der Waals surface area contributed by atoms with E-state index < -0.39 is 17.4 Å². The maximum Gasteiger partial charge on any atom is 0.331 e. The predicted octanol–water partition coefficient (Wildman–Crippen LogP) is 3.09. The number of nitriles is 1. The van der Waals surface area contributed by atoms with E-state index in [1.54, 1.807) is 26.0 Å². The molecule has 0 saturated carbocycles. The van der Waals surface area contributed by atoms with E-state index in [9.17, 15) is 14.9 Å². The van der Waals surface area contributed by atoms with E-state index in [4.69, 9.17) is 9.47 Å². The van der Waals surface area contributed by atoms with E-state index in [1.807, 2.05) is 32.0 Å². The van der Waals surface area contributed by atoms with Crippen molar-refractivity contribution in [3.8, 4) is 6.07 Å². The van der Waals surface area contributed by atoms with Gasteiger partial charge < -0.3 is 9.47 Å². The average molecular weight is 317 g/mol. The van der Waals surface area contributed by atoms with E-state index in [0.29, 0.717) is 5.56 Å². The topological polar surface area (TPSA) is 76.4 Å². The first-order valence-corrected chi connectivity index (χ1v) is 7.76. The summed E-state index contributed by atoms with van der Waals surface area (Å²) < 4.78 is 10.0. The number of nitrogens with zero attached hydrogens (tertiary/aromatic N) is 1. The van der Waals surface area contributed by atoms with Crippen molar-refractivity contribution < 1.29 is 19.1 Å². The van der Waals surface area contributed by atoms with Crippen LogP contribution in [0.4, 0.5) is 0 Å². The predicted molar refractivity (Wildman–Crippen MR) is 85.7 cm³/mol. The molecule has 0 heterocycles. The Morgan fingerprint density at radius 3 is 2.30 bits per heavy atom. The minimum absolute atomic E-state index is 0.0931. The zero-order valence-electron chi connectivity index (χ0n) is 14.1. The third kappa shape index (κ3) is 4.10. The van der Waals surface area contributed by atoms with Crippen molar-refractivity contribution in [2.75, 3.05) is 13.2 Å².